The van der Waals surface area contributed by atoms with Gasteiger partial charge in [0, 0.05) is 5.69 Å². The molecule has 0 spiro atoms. The fourth-order valence-electron chi connectivity index (χ4n) is 2.39. The summed E-state index contributed by atoms with van der Waals surface area (Å²) in [5.41, 5.74) is 2.03. The Kier molecular flexibility index (Phi) is 13.2. The molecule has 0 saturated heterocycles. The zero-order valence-electron chi connectivity index (χ0n) is 17.9. The van der Waals surface area contributed by atoms with Gasteiger partial charge in [0.05, 0.1) is 0 Å². The number of nitrogens with one attached hydrogen (secondary N) is 1. The van der Waals surface area contributed by atoms with Crippen LogP contribution in [-0.2, 0) is 11.2 Å². The second kappa shape index (κ2) is 14.8. The van der Waals surface area contributed by atoms with Crippen molar-refractivity contribution in [1.29, 1.82) is 0 Å². The molecule has 5 nitrogen and oxygen atoms in total. The van der Waals surface area contributed by atoms with Gasteiger partial charge in [0.1, 0.15) is 0 Å². The van der Waals surface area contributed by atoms with Crippen molar-refractivity contribution in [2.75, 3.05) is 5.32 Å². The minimum Gasteiger partial charge on any atom is -0.504 e. The Morgan fingerprint density at radius 2 is 1.62 bits per heavy atom. The van der Waals surface area contributed by atoms with Crippen molar-refractivity contribution >= 4 is 12.1 Å². The largest absolute Gasteiger partial charge is 0.504 e. The number of aromatic hydroxyl groups is 3. The number of hydrogen-bond acceptors (Lipinski definition) is 4. The molecule has 0 heterocycles. The number of anilines is 1. The lowest BCUT2D eigenvalue weighted by Gasteiger charge is -2.12. The number of benzene rings is 2. The van der Waals surface area contributed by atoms with E-state index in [0.29, 0.717) is 24.0 Å². The summed E-state index contributed by atoms with van der Waals surface area (Å²) in [4.78, 5) is 9.86. The highest BCUT2D eigenvalue weighted by Gasteiger charge is 2.15. The molecule has 0 fully saturated rings. The van der Waals surface area contributed by atoms with Gasteiger partial charge in [-0.15, -0.1) is 0 Å². The number of phenols is 3. The molecular formula is C24H33NO4. The molecule has 2 aromatic rings. The van der Waals surface area contributed by atoms with Crippen LogP contribution >= 0.6 is 0 Å². The third-order valence-corrected chi connectivity index (χ3v) is 3.80. The van der Waals surface area contributed by atoms with E-state index in [1.54, 1.807) is 13.0 Å². The summed E-state index contributed by atoms with van der Waals surface area (Å²) in [7, 11) is 0. The van der Waals surface area contributed by atoms with Crippen LogP contribution in [0.3, 0.4) is 0 Å². The van der Waals surface area contributed by atoms with E-state index in [2.05, 4.69) is 5.32 Å². The highest BCUT2D eigenvalue weighted by molar-refractivity contribution is 5.70. The average Bonchev–Trinajstić information content (AvgIpc) is 2.73. The Labute approximate surface area is 174 Å². The van der Waals surface area contributed by atoms with E-state index < -0.39 is 5.75 Å². The van der Waals surface area contributed by atoms with Crippen molar-refractivity contribution in [2.45, 2.75) is 41.0 Å². The zero-order chi connectivity index (χ0) is 22.2. The molecule has 4 N–H and O–H groups in total. The lowest BCUT2D eigenvalue weighted by atomic mass is 9.97. The molecule has 0 radical (unpaired) electrons. The van der Waals surface area contributed by atoms with Crippen molar-refractivity contribution in [1.82, 2.24) is 0 Å². The van der Waals surface area contributed by atoms with Crippen LogP contribution in [0, 0.1) is 12.8 Å². The summed E-state index contributed by atoms with van der Waals surface area (Å²) >= 11 is 0. The molecule has 2 rings (SSSR count). The quantitative estimate of drug-likeness (QED) is 0.285. The molecule has 0 aliphatic carbocycles. The van der Waals surface area contributed by atoms with E-state index in [0.717, 1.165) is 5.69 Å². The number of amides is 1. The smallest absolute Gasteiger partial charge is 0.211 e. The van der Waals surface area contributed by atoms with Crippen LogP contribution in [-0.4, -0.2) is 21.7 Å². The van der Waals surface area contributed by atoms with Gasteiger partial charge in [0.25, 0.3) is 0 Å². The summed E-state index contributed by atoms with van der Waals surface area (Å²) in [5, 5.41) is 31.4. The van der Waals surface area contributed by atoms with Gasteiger partial charge in [0.2, 0.25) is 12.2 Å². The van der Waals surface area contributed by atoms with Gasteiger partial charge in [0.15, 0.2) is 11.5 Å². The summed E-state index contributed by atoms with van der Waals surface area (Å²) < 4.78 is 0. The Bertz CT molecular complexity index is 783. The van der Waals surface area contributed by atoms with Crippen molar-refractivity contribution in [2.24, 2.45) is 5.92 Å². The molecule has 0 aliphatic heterocycles. The minimum atomic E-state index is -0.436. The second-order valence-electron chi connectivity index (χ2n) is 6.12. The minimum absolute atomic E-state index is 0.232. The fourth-order valence-corrected chi connectivity index (χ4v) is 2.39. The topological polar surface area (TPSA) is 89.8 Å². The number of carbonyl (C=O) groups excluding carboxylic acids is 1. The Morgan fingerprint density at radius 3 is 2.17 bits per heavy atom. The maximum atomic E-state index is 9.86. The molecule has 0 aromatic heterocycles. The van der Waals surface area contributed by atoms with Crippen molar-refractivity contribution in [3.8, 4) is 17.2 Å². The lowest BCUT2D eigenvalue weighted by Crippen LogP contribution is -1.97. The maximum absolute atomic E-state index is 9.86. The van der Waals surface area contributed by atoms with Gasteiger partial charge < -0.3 is 20.6 Å². The van der Waals surface area contributed by atoms with Gasteiger partial charge in [-0.3, -0.25) is 4.79 Å². The van der Waals surface area contributed by atoms with E-state index in [-0.39, 0.29) is 17.4 Å². The van der Waals surface area contributed by atoms with Crippen LogP contribution in [0.1, 0.15) is 38.8 Å². The Morgan fingerprint density at radius 1 is 1.00 bits per heavy atom. The van der Waals surface area contributed by atoms with E-state index >= 15 is 0 Å². The third kappa shape index (κ3) is 9.51. The molecular weight excluding hydrogens is 366 g/mol. The number of phenolic OH excluding ortho intramolecular Hbond substituents is 3. The first-order valence-electron chi connectivity index (χ1n) is 9.68. The molecule has 1 unspecified atom stereocenters. The van der Waals surface area contributed by atoms with Gasteiger partial charge in [-0.2, -0.15) is 0 Å². The first-order valence-corrected chi connectivity index (χ1v) is 9.68. The standard InChI is InChI=1S/C15H20O3.C7H7NO.C2H6/c1-4-5-6-7-10(2)8-12-9-11(3)13(16)15(18)14(12)17;9-6-8-7-4-2-1-3-5-7;1-2/h4-7,9-10,16-18H,8H2,1-3H3;1-6H,(H,8,9);1-2H3/b5-4-,7-6-;;. The Hall–Kier alpha value is -3.21. The van der Waals surface area contributed by atoms with E-state index in [9.17, 15) is 20.1 Å². The number of hydrogen-bond donors (Lipinski definition) is 4. The molecule has 29 heavy (non-hydrogen) atoms. The maximum Gasteiger partial charge on any atom is 0.211 e. The number of allylic oxidation sites excluding steroid dienone is 4. The molecule has 2 aromatic carbocycles. The summed E-state index contributed by atoms with van der Waals surface area (Å²) in [6.45, 7) is 9.67. The van der Waals surface area contributed by atoms with E-state index in [1.165, 1.54) is 0 Å². The number of carbonyl (C=O) groups is 1. The van der Waals surface area contributed by atoms with Crippen LogP contribution in [0.4, 0.5) is 5.69 Å². The molecule has 1 amide bonds. The van der Waals surface area contributed by atoms with E-state index in [1.807, 2.05) is 82.3 Å². The second-order valence-corrected chi connectivity index (χ2v) is 6.12. The molecule has 0 bridgehead atoms. The Balaban J connectivity index is 0.000000595. The lowest BCUT2D eigenvalue weighted by molar-refractivity contribution is -0.105. The van der Waals surface area contributed by atoms with Crippen LogP contribution < -0.4 is 5.32 Å². The van der Waals surface area contributed by atoms with Crippen LogP contribution in [0.15, 0.2) is 60.7 Å². The predicted octanol–water partition coefficient (Wildman–Crippen LogP) is 5.70. The average molecular weight is 400 g/mol. The van der Waals surface area contributed by atoms with Crippen molar-refractivity contribution in [3.05, 3.63) is 71.8 Å². The molecule has 5 heteroatoms. The number of para-hydroxylation sites is 1. The van der Waals surface area contributed by atoms with Crippen LogP contribution in [0.2, 0.25) is 0 Å². The van der Waals surface area contributed by atoms with Crippen molar-refractivity contribution in [3.63, 3.8) is 0 Å². The monoisotopic (exact) mass is 399 g/mol. The zero-order valence-corrected chi connectivity index (χ0v) is 17.9. The van der Waals surface area contributed by atoms with Gasteiger partial charge >= 0.3 is 0 Å². The molecule has 0 aliphatic rings. The SMILES string of the molecule is C/C=C\C=C/C(C)Cc1cc(C)c(O)c(O)c1O.CC.O=CNc1ccccc1. The van der Waals surface area contributed by atoms with Gasteiger partial charge in [-0.1, -0.05) is 63.3 Å². The first kappa shape index (κ1) is 25.8. The summed E-state index contributed by atoms with van der Waals surface area (Å²) in [6.07, 6.45) is 9.13. The highest BCUT2D eigenvalue weighted by atomic mass is 16.3. The summed E-state index contributed by atoms with van der Waals surface area (Å²) in [5.74, 6) is -0.692. The van der Waals surface area contributed by atoms with Crippen LogP contribution in [0.25, 0.3) is 0 Å². The normalized spacial score (nSPS) is 11.2. The summed E-state index contributed by atoms with van der Waals surface area (Å²) in [6, 6.07) is 11.0. The first-order chi connectivity index (χ1) is 13.9. The predicted molar refractivity (Wildman–Crippen MR) is 120 cm³/mol. The van der Waals surface area contributed by atoms with Crippen LogP contribution in [0.5, 0.6) is 17.2 Å². The van der Waals surface area contributed by atoms with Gasteiger partial charge in [-0.25, -0.2) is 0 Å². The molecule has 0 saturated carbocycles. The van der Waals surface area contributed by atoms with E-state index in [4.69, 9.17) is 0 Å². The highest BCUT2D eigenvalue weighted by Crippen LogP contribution is 2.40. The number of rotatable bonds is 6. The van der Waals surface area contributed by atoms with Crippen molar-refractivity contribution < 1.29 is 20.1 Å². The molecule has 1 atom stereocenters. The third-order valence-electron chi connectivity index (χ3n) is 3.80. The molecule has 158 valence electrons. The number of aryl methyl sites for hydroxylation is 1. The fraction of sp³-hybridized carbons (Fsp3) is 0.292. The van der Waals surface area contributed by atoms with Gasteiger partial charge in [-0.05, 0) is 55.5 Å².